The summed E-state index contributed by atoms with van der Waals surface area (Å²) >= 11 is 0. The summed E-state index contributed by atoms with van der Waals surface area (Å²) in [7, 11) is 0. The lowest BCUT2D eigenvalue weighted by Crippen LogP contribution is -2.04. The minimum Gasteiger partial charge on any atom is -0.260 e. The van der Waals surface area contributed by atoms with Crippen LogP contribution in [0, 0.1) is 5.92 Å². The van der Waals surface area contributed by atoms with Gasteiger partial charge < -0.3 is 0 Å². The van der Waals surface area contributed by atoms with Crippen LogP contribution in [0.5, 0.6) is 0 Å². The average Bonchev–Trinajstić information content (AvgIpc) is 2.25. The standard InChI is InChI=1S/C12H19N3/c1-4-12(10(2)3)14-15-13-11-8-6-5-7-9-11/h4,6,8-10H,5,7H2,1-3H3,(H,13,14)/b12-4-. The molecular weight excluding hydrogens is 186 g/mol. The largest absolute Gasteiger partial charge is 0.260 e. The smallest absolute Gasteiger partial charge is 0.0630 e. The fourth-order valence-electron chi connectivity index (χ4n) is 1.34. The van der Waals surface area contributed by atoms with E-state index in [9.17, 15) is 0 Å². The summed E-state index contributed by atoms with van der Waals surface area (Å²) in [5, 5.41) is 8.11. The van der Waals surface area contributed by atoms with Crippen molar-refractivity contribution in [3.05, 3.63) is 35.7 Å². The molecule has 0 fully saturated rings. The molecule has 1 aliphatic rings. The van der Waals surface area contributed by atoms with Crippen molar-refractivity contribution >= 4 is 0 Å². The van der Waals surface area contributed by atoms with Crippen molar-refractivity contribution in [3.63, 3.8) is 0 Å². The van der Waals surface area contributed by atoms with Crippen molar-refractivity contribution in [1.82, 2.24) is 5.43 Å². The van der Waals surface area contributed by atoms with Gasteiger partial charge in [-0.15, -0.1) is 5.11 Å². The Kier molecular flexibility index (Phi) is 4.81. The van der Waals surface area contributed by atoms with Crippen molar-refractivity contribution in [2.75, 3.05) is 0 Å². The Balaban J connectivity index is 2.45. The predicted octanol–water partition coefficient (Wildman–Crippen LogP) is 3.74. The first-order valence-electron chi connectivity index (χ1n) is 5.43. The first kappa shape index (κ1) is 11.7. The molecule has 0 bridgehead atoms. The Morgan fingerprint density at radius 1 is 1.47 bits per heavy atom. The number of hydrogen-bond acceptors (Lipinski definition) is 2. The van der Waals surface area contributed by atoms with Crippen LogP contribution in [0.3, 0.4) is 0 Å². The fraction of sp³-hybridized carbons (Fsp3) is 0.500. The third-order valence-corrected chi connectivity index (χ3v) is 2.23. The second kappa shape index (κ2) is 6.17. The molecule has 1 rings (SSSR count). The van der Waals surface area contributed by atoms with E-state index in [2.05, 4.69) is 41.8 Å². The number of nitrogens with one attached hydrogen (secondary N) is 1. The zero-order valence-corrected chi connectivity index (χ0v) is 9.70. The number of rotatable bonds is 4. The third kappa shape index (κ3) is 4.11. The van der Waals surface area contributed by atoms with Gasteiger partial charge in [0.25, 0.3) is 0 Å². The van der Waals surface area contributed by atoms with Gasteiger partial charge in [0.05, 0.1) is 11.4 Å². The molecule has 3 heteroatoms. The summed E-state index contributed by atoms with van der Waals surface area (Å²) in [6, 6.07) is 0. The van der Waals surface area contributed by atoms with Crippen molar-refractivity contribution < 1.29 is 0 Å². The lowest BCUT2D eigenvalue weighted by Gasteiger charge is -2.06. The van der Waals surface area contributed by atoms with Crippen LogP contribution >= 0.6 is 0 Å². The molecule has 0 amide bonds. The van der Waals surface area contributed by atoms with Gasteiger partial charge in [0.1, 0.15) is 0 Å². The Morgan fingerprint density at radius 3 is 2.80 bits per heavy atom. The highest BCUT2D eigenvalue weighted by atomic mass is 15.4. The summed E-state index contributed by atoms with van der Waals surface area (Å²) in [5.41, 5.74) is 4.97. The van der Waals surface area contributed by atoms with Crippen LogP contribution in [0.1, 0.15) is 33.6 Å². The first-order chi connectivity index (χ1) is 7.24. The molecule has 0 aliphatic heterocycles. The molecule has 0 heterocycles. The summed E-state index contributed by atoms with van der Waals surface area (Å²) in [4.78, 5) is 0. The van der Waals surface area contributed by atoms with E-state index in [0.717, 1.165) is 24.2 Å². The molecule has 0 saturated carbocycles. The van der Waals surface area contributed by atoms with Gasteiger partial charge in [-0.25, -0.2) is 0 Å². The molecule has 0 aromatic carbocycles. The quantitative estimate of drug-likeness (QED) is 0.551. The van der Waals surface area contributed by atoms with E-state index in [1.165, 1.54) is 0 Å². The highest BCUT2D eigenvalue weighted by molar-refractivity contribution is 5.19. The van der Waals surface area contributed by atoms with Crippen molar-refractivity contribution in [2.24, 2.45) is 16.3 Å². The molecule has 3 nitrogen and oxygen atoms in total. The monoisotopic (exact) mass is 205 g/mol. The molecule has 1 N–H and O–H groups in total. The van der Waals surface area contributed by atoms with E-state index < -0.39 is 0 Å². The molecule has 1 aliphatic carbocycles. The second-order valence-corrected chi connectivity index (χ2v) is 3.82. The van der Waals surface area contributed by atoms with Crippen LogP contribution in [0.25, 0.3) is 0 Å². The van der Waals surface area contributed by atoms with E-state index in [1.807, 2.05) is 19.1 Å². The Morgan fingerprint density at radius 2 is 2.27 bits per heavy atom. The van der Waals surface area contributed by atoms with Crippen LogP contribution in [-0.2, 0) is 0 Å². The van der Waals surface area contributed by atoms with E-state index in [-0.39, 0.29) is 0 Å². The fourth-order valence-corrected chi connectivity index (χ4v) is 1.34. The van der Waals surface area contributed by atoms with Crippen LogP contribution in [0.2, 0.25) is 0 Å². The van der Waals surface area contributed by atoms with E-state index >= 15 is 0 Å². The lowest BCUT2D eigenvalue weighted by atomic mass is 10.1. The summed E-state index contributed by atoms with van der Waals surface area (Å²) in [5.74, 6) is 0.413. The molecule has 82 valence electrons. The van der Waals surface area contributed by atoms with E-state index in [4.69, 9.17) is 0 Å². The molecule has 0 atom stereocenters. The van der Waals surface area contributed by atoms with Gasteiger partial charge in [-0.2, -0.15) is 0 Å². The molecular formula is C12H19N3. The van der Waals surface area contributed by atoms with Crippen LogP contribution in [0.4, 0.5) is 0 Å². The summed E-state index contributed by atoms with van der Waals surface area (Å²) < 4.78 is 0. The number of allylic oxidation sites excluding steroid dienone is 5. The minimum atomic E-state index is 0.413. The molecule has 0 aromatic rings. The first-order valence-corrected chi connectivity index (χ1v) is 5.43. The number of hydrogen-bond donors (Lipinski definition) is 1. The minimum absolute atomic E-state index is 0.413. The predicted molar refractivity (Wildman–Crippen MR) is 63.0 cm³/mol. The van der Waals surface area contributed by atoms with E-state index in [1.54, 1.807) is 0 Å². The third-order valence-electron chi connectivity index (χ3n) is 2.23. The topological polar surface area (TPSA) is 36.8 Å². The van der Waals surface area contributed by atoms with Gasteiger partial charge in [0.15, 0.2) is 0 Å². The number of nitrogens with zero attached hydrogens (tertiary/aromatic N) is 2. The van der Waals surface area contributed by atoms with Crippen LogP contribution in [0.15, 0.2) is 46.0 Å². The average molecular weight is 205 g/mol. The zero-order chi connectivity index (χ0) is 11.1. The maximum Gasteiger partial charge on any atom is 0.0630 e. The summed E-state index contributed by atoms with van der Waals surface area (Å²) in [6.07, 6.45) is 10.5. The Hall–Kier alpha value is -1.38. The Labute approximate surface area is 91.6 Å². The van der Waals surface area contributed by atoms with Gasteiger partial charge in [-0.3, -0.25) is 5.43 Å². The second-order valence-electron chi connectivity index (χ2n) is 3.82. The molecule has 0 spiro atoms. The normalized spacial score (nSPS) is 17.3. The van der Waals surface area contributed by atoms with Gasteiger partial charge in [-0.05, 0) is 31.8 Å². The van der Waals surface area contributed by atoms with E-state index in [0.29, 0.717) is 5.92 Å². The Bertz CT molecular complexity index is 309. The van der Waals surface area contributed by atoms with Crippen molar-refractivity contribution in [1.29, 1.82) is 0 Å². The lowest BCUT2D eigenvalue weighted by molar-refractivity contribution is 0.704. The highest BCUT2D eigenvalue weighted by Crippen LogP contribution is 2.11. The SMILES string of the molecule is C/C=C(\N=NNC1=CCCC=C1)C(C)C. The van der Waals surface area contributed by atoms with Crippen LogP contribution < -0.4 is 5.43 Å². The molecule has 0 saturated heterocycles. The van der Waals surface area contributed by atoms with Crippen molar-refractivity contribution in [2.45, 2.75) is 33.6 Å². The molecule has 0 radical (unpaired) electrons. The molecule has 15 heavy (non-hydrogen) atoms. The van der Waals surface area contributed by atoms with Gasteiger partial charge in [0.2, 0.25) is 0 Å². The maximum atomic E-state index is 4.14. The highest BCUT2D eigenvalue weighted by Gasteiger charge is 1.99. The zero-order valence-electron chi connectivity index (χ0n) is 9.70. The van der Waals surface area contributed by atoms with Crippen molar-refractivity contribution in [3.8, 4) is 0 Å². The maximum absolute atomic E-state index is 4.14. The van der Waals surface area contributed by atoms with Gasteiger partial charge >= 0.3 is 0 Å². The van der Waals surface area contributed by atoms with Crippen LogP contribution in [-0.4, -0.2) is 0 Å². The summed E-state index contributed by atoms with van der Waals surface area (Å²) in [6.45, 7) is 6.19. The molecule has 0 aromatic heterocycles. The van der Waals surface area contributed by atoms with Gasteiger partial charge in [-0.1, -0.05) is 37.3 Å². The van der Waals surface area contributed by atoms with Gasteiger partial charge in [0, 0.05) is 0 Å². The molecule has 0 unspecified atom stereocenters.